The second kappa shape index (κ2) is 7.11. The molecule has 1 aromatic carbocycles. The van der Waals surface area contributed by atoms with Gasteiger partial charge in [0.05, 0.1) is 12.8 Å². The maximum Gasteiger partial charge on any atom is 0.410 e. The van der Waals surface area contributed by atoms with Crippen LogP contribution in [0.2, 0.25) is 0 Å². The molecule has 0 saturated carbocycles. The molecule has 1 fully saturated rings. The van der Waals surface area contributed by atoms with E-state index in [4.69, 9.17) is 9.47 Å². The predicted molar refractivity (Wildman–Crippen MR) is 92.3 cm³/mol. The number of methoxy groups -OCH3 is 1. The van der Waals surface area contributed by atoms with Crippen LogP contribution in [0.25, 0.3) is 0 Å². The van der Waals surface area contributed by atoms with E-state index in [0.29, 0.717) is 24.4 Å². The standard InChI is InChI=1S/C18H26N2O4/c1-12-8-9-15(23-5)13(11-12)19-16(21)14-7-6-10-20(14)17(22)24-18(2,3)4/h8-9,11,14H,6-7,10H2,1-5H3,(H,19,21)/t14-/m1/s1. The van der Waals surface area contributed by atoms with E-state index in [2.05, 4.69) is 5.32 Å². The van der Waals surface area contributed by atoms with Gasteiger partial charge in [-0.15, -0.1) is 0 Å². The Balaban J connectivity index is 2.11. The average Bonchev–Trinajstić information content (AvgIpc) is 2.95. The zero-order valence-electron chi connectivity index (χ0n) is 15.0. The predicted octanol–water partition coefficient (Wildman–Crippen LogP) is 3.34. The third-order valence-corrected chi connectivity index (χ3v) is 3.80. The Kier molecular flexibility index (Phi) is 5.36. The molecule has 1 aromatic rings. The van der Waals surface area contributed by atoms with Gasteiger partial charge in [-0.3, -0.25) is 9.69 Å². The van der Waals surface area contributed by atoms with E-state index in [1.807, 2.05) is 45.9 Å². The molecule has 0 unspecified atom stereocenters. The van der Waals surface area contributed by atoms with Gasteiger partial charge in [0.25, 0.3) is 0 Å². The topological polar surface area (TPSA) is 67.9 Å². The van der Waals surface area contributed by atoms with Crippen LogP contribution in [-0.4, -0.2) is 42.2 Å². The van der Waals surface area contributed by atoms with Crippen LogP contribution in [0.5, 0.6) is 5.75 Å². The molecule has 1 aliphatic rings. The van der Waals surface area contributed by atoms with Gasteiger partial charge in [-0.2, -0.15) is 0 Å². The third kappa shape index (κ3) is 4.40. The maximum absolute atomic E-state index is 12.7. The van der Waals surface area contributed by atoms with Crippen LogP contribution in [-0.2, 0) is 9.53 Å². The van der Waals surface area contributed by atoms with Crippen molar-refractivity contribution in [2.45, 2.75) is 52.2 Å². The molecule has 6 heteroatoms. The summed E-state index contributed by atoms with van der Waals surface area (Å²) in [6, 6.07) is 5.05. The van der Waals surface area contributed by atoms with Crippen molar-refractivity contribution in [1.82, 2.24) is 4.90 Å². The van der Waals surface area contributed by atoms with E-state index in [0.717, 1.165) is 12.0 Å². The number of ether oxygens (including phenoxy) is 2. The van der Waals surface area contributed by atoms with Gasteiger partial charge in [0.2, 0.25) is 5.91 Å². The maximum atomic E-state index is 12.7. The number of carbonyl (C=O) groups is 2. The summed E-state index contributed by atoms with van der Waals surface area (Å²) < 4.78 is 10.7. The molecule has 0 aliphatic carbocycles. The van der Waals surface area contributed by atoms with Gasteiger partial charge in [0.15, 0.2) is 0 Å². The Morgan fingerprint density at radius 2 is 2.00 bits per heavy atom. The number of carbonyl (C=O) groups excluding carboxylic acids is 2. The van der Waals surface area contributed by atoms with E-state index in [-0.39, 0.29) is 5.91 Å². The number of likely N-dealkylation sites (tertiary alicyclic amines) is 1. The zero-order chi connectivity index (χ0) is 17.9. The number of hydrogen-bond donors (Lipinski definition) is 1. The summed E-state index contributed by atoms with van der Waals surface area (Å²) in [7, 11) is 1.56. The lowest BCUT2D eigenvalue weighted by molar-refractivity contribution is -0.120. The Morgan fingerprint density at radius 1 is 1.29 bits per heavy atom. The lowest BCUT2D eigenvalue weighted by atomic mass is 10.1. The fourth-order valence-corrected chi connectivity index (χ4v) is 2.71. The molecular weight excluding hydrogens is 308 g/mol. The summed E-state index contributed by atoms with van der Waals surface area (Å²) >= 11 is 0. The molecular formula is C18H26N2O4. The van der Waals surface area contributed by atoms with E-state index < -0.39 is 17.7 Å². The molecule has 1 atom stereocenters. The Morgan fingerprint density at radius 3 is 2.62 bits per heavy atom. The van der Waals surface area contributed by atoms with Gasteiger partial charge in [-0.25, -0.2) is 4.79 Å². The van der Waals surface area contributed by atoms with Gasteiger partial charge < -0.3 is 14.8 Å². The molecule has 132 valence electrons. The molecule has 2 rings (SSSR count). The number of nitrogens with one attached hydrogen (secondary N) is 1. The molecule has 24 heavy (non-hydrogen) atoms. The average molecular weight is 334 g/mol. The molecule has 1 saturated heterocycles. The van der Waals surface area contributed by atoms with Crippen molar-refractivity contribution in [3.05, 3.63) is 23.8 Å². The minimum atomic E-state index is -0.583. The highest BCUT2D eigenvalue weighted by molar-refractivity contribution is 5.98. The first-order valence-electron chi connectivity index (χ1n) is 8.16. The van der Waals surface area contributed by atoms with Crippen LogP contribution in [0.4, 0.5) is 10.5 Å². The largest absolute Gasteiger partial charge is 0.495 e. The summed E-state index contributed by atoms with van der Waals surface area (Å²) in [5.41, 5.74) is 1.04. The van der Waals surface area contributed by atoms with Crippen molar-refractivity contribution in [2.24, 2.45) is 0 Å². The second-order valence-electron chi connectivity index (χ2n) is 7.02. The summed E-state index contributed by atoms with van der Waals surface area (Å²) in [6.45, 7) is 7.91. The number of nitrogens with zero attached hydrogens (tertiary/aromatic N) is 1. The van der Waals surface area contributed by atoms with Crippen molar-refractivity contribution in [2.75, 3.05) is 19.0 Å². The quantitative estimate of drug-likeness (QED) is 0.920. The Hall–Kier alpha value is -2.24. The van der Waals surface area contributed by atoms with Crippen LogP contribution in [0.3, 0.4) is 0 Å². The van der Waals surface area contributed by atoms with E-state index in [9.17, 15) is 9.59 Å². The first kappa shape index (κ1) is 18.1. The van der Waals surface area contributed by atoms with Crippen LogP contribution in [0, 0.1) is 6.92 Å². The van der Waals surface area contributed by atoms with Crippen molar-refractivity contribution < 1.29 is 19.1 Å². The number of anilines is 1. The molecule has 2 amide bonds. The number of hydrogen-bond acceptors (Lipinski definition) is 4. The van der Waals surface area contributed by atoms with Gasteiger partial charge in [-0.1, -0.05) is 6.07 Å². The van der Waals surface area contributed by atoms with Crippen LogP contribution < -0.4 is 10.1 Å². The van der Waals surface area contributed by atoms with Crippen LogP contribution in [0.15, 0.2) is 18.2 Å². The second-order valence-corrected chi connectivity index (χ2v) is 7.02. The molecule has 1 heterocycles. The van der Waals surface area contributed by atoms with E-state index >= 15 is 0 Å². The molecule has 1 aliphatic heterocycles. The number of aryl methyl sites for hydroxylation is 1. The number of rotatable bonds is 3. The monoisotopic (exact) mass is 334 g/mol. The molecule has 1 N–H and O–H groups in total. The molecule has 0 radical (unpaired) electrons. The van der Waals surface area contributed by atoms with Gasteiger partial charge in [0, 0.05) is 6.54 Å². The lowest BCUT2D eigenvalue weighted by Gasteiger charge is -2.28. The highest BCUT2D eigenvalue weighted by Gasteiger charge is 2.36. The zero-order valence-corrected chi connectivity index (χ0v) is 15.0. The summed E-state index contributed by atoms with van der Waals surface area (Å²) in [5.74, 6) is 0.373. The SMILES string of the molecule is COc1ccc(C)cc1NC(=O)[C@H]1CCCN1C(=O)OC(C)(C)C. The molecule has 0 bridgehead atoms. The minimum Gasteiger partial charge on any atom is -0.495 e. The third-order valence-electron chi connectivity index (χ3n) is 3.80. The molecule has 0 aromatic heterocycles. The first-order valence-corrected chi connectivity index (χ1v) is 8.16. The van der Waals surface area contributed by atoms with Gasteiger partial charge in [0.1, 0.15) is 17.4 Å². The lowest BCUT2D eigenvalue weighted by Crippen LogP contribution is -2.45. The molecule has 0 spiro atoms. The minimum absolute atomic E-state index is 0.220. The van der Waals surface area contributed by atoms with Crippen molar-refractivity contribution in [1.29, 1.82) is 0 Å². The normalized spacial score (nSPS) is 17.5. The fourth-order valence-electron chi connectivity index (χ4n) is 2.71. The highest BCUT2D eigenvalue weighted by atomic mass is 16.6. The van der Waals surface area contributed by atoms with Crippen LogP contribution >= 0.6 is 0 Å². The van der Waals surface area contributed by atoms with Crippen molar-refractivity contribution >= 4 is 17.7 Å². The van der Waals surface area contributed by atoms with E-state index in [1.54, 1.807) is 7.11 Å². The summed E-state index contributed by atoms with van der Waals surface area (Å²) in [5, 5.41) is 2.88. The summed E-state index contributed by atoms with van der Waals surface area (Å²) in [6.07, 6.45) is 0.956. The Labute approximate surface area is 143 Å². The highest BCUT2D eigenvalue weighted by Crippen LogP contribution is 2.27. The summed E-state index contributed by atoms with van der Waals surface area (Å²) in [4.78, 5) is 26.5. The van der Waals surface area contributed by atoms with Crippen LogP contribution in [0.1, 0.15) is 39.2 Å². The van der Waals surface area contributed by atoms with E-state index in [1.165, 1.54) is 4.90 Å². The number of benzene rings is 1. The first-order chi connectivity index (χ1) is 11.2. The van der Waals surface area contributed by atoms with Gasteiger partial charge >= 0.3 is 6.09 Å². The Bertz CT molecular complexity index is 622. The smallest absolute Gasteiger partial charge is 0.410 e. The number of amides is 2. The van der Waals surface area contributed by atoms with Crippen molar-refractivity contribution in [3.63, 3.8) is 0 Å². The fraction of sp³-hybridized carbons (Fsp3) is 0.556. The van der Waals surface area contributed by atoms with Crippen molar-refractivity contribution in [3.8, 4) is 5.75 Å². The van der Waals surface area contributed by atoms with Gasteiger partial charge in [-0.05, 0) is 58.2 Å². The molecule has 6 nitrogen and oxygen atoms in total.